The number of benzene rings is 2. The molecule has 0 radical (unpaired) electrons. The summed E-state index contributed by atoms with van der Waals surface area (Å²) in [6.07, 6.45) is 10.7. The first-order valence-corrected chi connectivity index (χ1v) is 8.07. The van der Waals surface area contributed by atoms with Gasteiger partial charge < -0.3 is 13.9 Å². The first kappa shape index (κ1) is 15.7. The minimum atomic E-state index is 0.498. The van der Waals surface area contributed by atoms with Crippen molar-refractivity contribution in [2.75, 3.05) is 0 Å². The molecule has 0 saturated heterocycles. The SMILES string of the molecule is N#Cc1ccc(Cn2ccnc2)cc1Oc1ccc(-n2ccnc2)cc1. The average Bonchev–Trinajstić information content (AvgIpc) is 3.37. The molecule has 2 aromatic heterocycles. The molecule has 6 nitrogen and oxygen atoms in total. The highest BCUT2D eigenvalue weighted by molar-refractivity contribution is 5.48. The molecule has 6 heteroatoms. The Hall–Kier alpha value is -3.85. The van der Waals surface area contributed by atoms with E-state index in [4.69, 9.17) is 4.74 Å². The van der Waals surface area contributed by atoms with Crippen LogP contribution in [0.3, 0.4) is 0 Å². The molecule has 0 atom stereocenters. The number of nitriles is 1. The van der Waals surface area contributed by atoms with Crippen molar-refractivity contribution in [3.8, 4) is 23.3 Å². The molecule has 4 aromatic rings. The van der Waals surface area contributed by atoms with E-state index in [9.17, 15) is 5.26 Å². The number of rotatable bonds is 5. The van der Waals surface area contributed by atoms with Gasteiger partial charge in [0.15, 0.2) is 0 Å². The molecule has 26 heavy (non-hydrogen) atoms. The molecule has 0 unspecified atom stereocenters. The van der Waals surface area contributed by atoms with Crippen molar-refractivity contribution in [1.82, 2.24) is 19.1 Å². The van der Waals surface area contributed by atoms with Crippen LogP contribution >= 0.6 is 0 Å². The normalized spacial score (nSPS) is 10.4. The maximum absolute atomic E-state index is 9.36. The van der Waals surface area contributed by atoms with E-state index in [1.807, 2.05) is 57.9 Å². The maximum atomic E-state index is 9.36. The van der Waals surface area contributed by atoms with Gasteiger partial charge in [0.25, 0.3) is 0 Å². The highest BCUT2D eigenvalue weighted by atomic mass is 16.5. The molecule has 126 valence electrons. The predicted molar refractivity (Wildman–Crippen MR) is 96.1 cm³/mol. The average molecular weight is 341 g/mol. The van der Waals surface area contributed by atoms with Crippen molar-refractivity contribution < 1.29 is 4.74 Å². The third kappa shape index (κ3) is 3.32. The topological polar surface area (TPSA) is 68.7 Å². The Bertz CT molecular complexity index is 1030. The summed E-state index contributed by atoms with van der Waals surface area (Å²) in [5, 5.41) is 9.36. The molecule has 0 aliphatic rings. The quantitative estimate of drug-likeness (QED) is 0.554. The fraction of sp³-hybridized carbons (Fsp3) is 0.0500. The molecular formula is C20H15N5O. The molecule has 0 aliphatic carbocycles. The van der Waals surface area contributed by atoms with E-state index >= 15 is 0 Å². The van der Waals surface area contributed by atoms with Crippen LogP contribution in [0.2, 0.25) is 0 Å². The van der Waals surface area contributed by atoms with Crippen LogP contribution in [0.5, 0.6) is 11.5 Å². The summed E-state index contributed by atoms with van der Waals surface area (Å²) in [6, 6.07) is 15.4. The molecular weight excluding hydrogens is 326 g/mol. The zero-order chi connectivity index (χ0) is 17.8. The minimum absolute atomic E-state index is 0.498. The van der Waals surface area contributed by atoms with Gasteiger partial charge in [-0.1, -0.05) is 6.07 Å². The Kier molecular flexibility index (Phi) is 4.19. The third-order valence-corrected chi connectivity index (χ3v) is 3.96. The Morgan fingerprint density at radius 1 is 0.962 bits per heavy atom. The Labute approximate surface area is 150 Å². The van der Waals surface area contributed by atoms with Crippen molar-refractivity contribution in [1.29, 1.82) is 5.26 Å². The van der Waals surface area contributed by atoms with Crippen LogP contribution in [-0.4, -0.2) is 19.1 Å². The summed E-state index contributed by atoms with van der Waals surface area (Å²) in [6.45, 7) is 0.668. The summed E-state index contributed by atoms with van der Waals surface area (Å²) in [7, 11) is 0. The molecule has 0 fully saturated rings. The van der Waals surface area contributed by atoms with Gasteiger partial charge in [-0.05, 0) is 42.0 Å². The molecule has 0 aliphatic heterocycles. The van der Waals surface area contributed by atoms with Crippen LogP contribution in [-0.2, 0) is 6.54 Å². The third-order valence-electron chi connectivity index (χ3n) is 3.96. The van der Waals surface area contributed by atoms with Gasteiger partial charge in [0.1, 0.15) is 17.6 Å². The van der Waals surface area contributed by atoms with E-state index < -0.39 is 0 Å². The van der Waals surface area contributed by atoms with Crippen molar-refractivity contribution in [2.24, 2.45) is 0 Å². The van der Waals surface area contributed by atoms with E-state index in [0.29, 0.717) is 23.6 Å². The lowest BCUT2D eigenvalue weighted by molar-refractivity contribution is 0.480. The van der Waals surface area contributed by atoms with Crippen molar-refractivity contribution >= 4 is 0 Å². The van der Waals surface area contributed by atoms with Crippen molar-refractivity contribution in [3.05, 3.63) is 91.0 Å². The monoisotopic (exact) mass is 341 g/mol. The van der Waals surface area contributed by atoms with Crippen molar-refractivity contribution in [3.63, 3.8) is 0 Å². The molecule has 0 amide bonds. The van der Waals surface area contributed by atoms with Gasteiger partial charge >= 0.3 is 0 Å². The van der Waals surface area contributed by atoms with Crippen molar-refractivity contribution in [2.45, 2.75) is 6.54 Å². The maximum Gasteiger partial charge on any atom is 0.145 e. The number of hydrogen-bond acceptors (Lipinski definition) is 4. The van der Waals surface area contributed by atoms with Crippen LogP contribution in [0, 0.1) is 11.3 Å². The second-order valence-corrected chi connectivity index (χ2v) is 5.74. The number of imidazole rings is 2. The second kappa shape index (κ2) is 6.95. The molecule has 2 aromatic carbocycles. The molecule has 0 N–H and O–H groups in total. The highest BCUT2D eigenvalue weighted by Crippen LogP contribution is 2.27. The van der Waals surface area contributed by atoms with Gasteiger partial charge in [-0.25, -0.2) is 9.97 Å². The fourth-order valence-electron chi connectivity index (χ4n) is 2.66. The summed E-state index contributed by atoms with van der Waals surface area (Å²) in [4.78, 5) is 8.09. The first-order chi connectivity index (χ1) is 12.8. The molecule has 0 saturated carbocycles. The summed E-state index contributed by atoms with van der Waals surface area (Å²) in [5.74, 6) is 1.21. The highest BCUT2D eigenvalue weighted by Gasteiger charge is 2.07. The number of aromatic nitrogens is 4. The smallest absolute Gasteiger partial charge is 0.145 e. The van der Waals surface area contributed by atoms with Crippen LogP contribution in [0.25, 0.3) is 5.69 Å². The van der Waals surface area contributed by atoms with Gasteiger partial charge in [0.05, 0.1) is 18.2 Å². The lowest BCUT2D eigenvalue weighted by Gasteiger charge is -2.11. The lowest BCUT2D eigenvalue weighted by atomic mass is 10.1. The fourth-order valence-corrected chi connectivity index (χ4v) is 2.66. The summed E-state index contributed by atoms with van der Waals surface area (Å²) >= 11 is 0. The number of ether oxygens (including phenoxy) is 1. The first-order valence-electron chi connectivity index (χ1n) is 8.07. The van der Waals surface area contributed by atoms with Gasteiger partial charge in [0, 0.05) is 37.0 Å². The van der Waals surface area contributed by atoms with E-state index in [2.05, 4.69) is 16.0 Å². The Morgan fingerprint density at radius 2 is 1.77 bits per heavy atom. The van der Waals surface area contributed by atoms with E-state index in [1.165, 1.54) is 0 Å². The van der Waals surface area contributed by atoms with Gasteiger partial charge in [-0.3, -0.25) is 0 Å². The molecule has 4 rings (SSSR count). The van der Waals surface area contributed by atoms with Gasteiger partial charge in [-0.2, -0.15) is 5.26 Å². The van der Waals surface area contributed by atoms with E-state index in [0.717, 1.165) is 11.3 Å². The summed E-state index contributed by atoms with van der Waals surface area (Å²) in [5.41, 5.74) is 2.52. The molecule has 0 spiro atoms. The lowest BCUT2D eigenvalue weighted by Crippen LogP contribution is -1.98. The van der Waals surface area contributed by atoms with E-state index in [1.54, 1.807) is 31.1 Å². The predicted octanol–water partition coefficient (Wildman–Crippen LogP) is 3.78. The summed E-state index contributed by atoms with van der Waals surface area (Å²) < 4.78 is 9.84. The van der Waals surface area contributed by atoms with Gasteiger partial charge in [-0.15, -0.1) is 0 Å². The van der Waals surface area contributed by atoms with Crippen LogP contribution in [0.1, 0.15) is 11.1 Å². The van der Waals surface area contributed by atoms with E-state index in [-0.39, 0.29) is 0 Å². The number of nitrogens with zero attached hydrogens (tertiary/aromatic N) is 5. The Balaban J connectivity index is 1.57. The Morgan fingerprint density at radius 3 is 2.46 bits per heavy atom. The zero-order valence-electron chi connectivity index (χ0n) is 13.9. The molecule has 2 heterocycles. The second-order valence-electron chi connectivity index (χ2n) is 5.74. The van der Waals surface area contributed by atoms with Crippen LogP contribution in [0.15, 0.2) is 79.9 Å². The largest absolute Gasteiger partial charge is 0.456 e. The zero-order valence-corrected chi connectivity index (χ0v) is 13.9. The van der Waals surface area contributed by atoms with Gasteiger partial charge in [0.2, 0.25) is 0 Å². The minimum Gasteiger partial charge on any atom is -0.456 e. The van der Waals surface area contributed by atoms with Crippen LogP contribution in [0.4, 0.5) is 0 Å². The molecule has 0 bridgehead atoms. The standard InChI is InChI=1S/C20H15N5O/c21-12-17-2-1-16(13-24-9-7-22-14-24)11-20(17)26-19-5-3-18(4-6-19)25-10-8-23-15-25/h1-11,14-15H,13H2. The van der Waals surface area contributed by atoms with Crippen LogP contribution < -0.4 is 4.74 Å². The number of hydrogen-bond donors (Lipinski definition) is 0.